The summed E-state index contributed by atoms with van der Waals surface area (Å²) < 4.78 is 56.9. The van der Waals surface area contributed by atoms with Crippen LogP contribution in [-0.2, 0) is 15.8 Å². The molecule has 0 spiro atoms. The third kappa shape index (κ3) is 5.41. The highest BCUT2D eigenvalue weighted by atomic mass is 19.4. The fourth-order valence-corrected chi connectivity index (χ4v) is 4.41. The molecule has 4 rings (SSSR count). The summed E-state index contributed by atoms with van der Waals surface area (Å²) in [4.78, 5) is 27.7. The maximum absolute atomic E-state index is 13.5. The van der Waals surface area contributed by atoms with E-state index >= 15 is 0 Å². The van der Waals surface area contributed by atoms with Crippen LogP contribution in [0.4, 0.5) is 18.9 Å². The lowest BCUT2D eigenvalue weighted by atomic mass is 9.94. The van der Waals surface area contributed by atoms with Crippen LogP contribution >= 0.6 is 0 Å². The fourth-order valence-electron chi connectivity index (χ4n) is 4.41. The number of aliphatic hydroxyl groups excluding tert-OH is 1. The highest BCUT2D eigenvalue weighted by Gasteiger charge is 2.47. The van der Waals surface area contributed by atoms with E-state index in [0.29, 0.717) is 23.7 Å². The first-order chi connectivity index (χ1) is 18.6. The summed E-state index contributed by atoms with van der Waals surface area (Å²) in [5, 5.41) is 11.5. The first-order valence-corrected chi connectivity index (χ1v) is 12.1. The molecule has 0 aliphatic carbocycles. The van der Waals surface area contributed by atoms with E-state index in [9.17, 15) is 27.9 Å². The Bertz CT molecular complexity index is 1420. The molecule has 39 heavy (non-hydrogen) atoms. The van der Waals surface area contributed by atoms with Crippen LogP contribution in [0.5, 0.6) is 17.2 Å². The third-order valence-electron chi connectivity index (χ3n) is 6.15. The van der Waals surface area contributed by atoms with Gasteiger partial charge in [-0.1, -0.05) is 18.2 Å². The van der Waals surface area contributed by atoms with Crippen molar-refractivity contribution in [3.8, 4) is 17.2 Å². The minimum Gasteiger partial charge on any atom is -0.507 e. The van der Waals surface area contributed by atoms with Crippen molar-refractivity contribution >= 4 is 23.1 Å². The summed E-state index contributed by atoms with van der Waals surface area (Å²) in [6, 6.07) is 13.8. The minimum absolute atomic E-state index is 0.126. The molecule has 1 atom stereocenters. The van der Waals surface area contributed by atoms with E-state index in [0.717, 1.165) is 23.1 Å². The van der Waals surface area contributed by atoms with Crippen molar-refractivity contribution in [2.24, 2.45) is 0 Å². The summed E-state index contributed by atoms with van der Waals surface area (Å²) >= 11 is 0. The Kier molecular flexibility index (Phi) is 7.85. The van der Waals surface area contributed by atoms with Gasteiger partial charge in [-0.15, -0.1) is 0 Å². The highest BCUT2D eigenvalue weighted by molar-refractivity contribution is 6.51. The Morgan fingerprint density at radius 2 is 1.59 bits per heavy atom. The number of halogens is 3. The average molecular weight is 542 g/mol. The molecule has 0 bridgehead atoms. The van der Waals surface area contributed by atoms with Crippen LogP contribution in [0.2, 0.25) is 0 Å². The topological polar surface area (TPSA) is 85.3 Å². The van der Waals surface area contributed by atoms with Crippen LogP contribution in [0.15, 0.2) is 72.3 Å². The number of carbonyl (C=O) groups excluding carboxylic acids is 2. The number of aliphatic hydroxyl groups is 1. The molecule has 1 unspecified atom stereocenters. The zero-order valence-electron chi connectivity index (χ0n) is 21.4. The molecule has 1 saturated heterocycles. The number of carbonyl (C=O) groups is 2. The lowest BCUT2D eigenvalue weighted by Gasteiger charge is -2.26. The molecular weight excluding hydrogens is 515 g/mol. The quantitative estimate of drug-likeness (QED) is 0.210. The van der Waals surface area contributed by atoms with Gasteiger partial charge in [-0.05, 0) is 61.9 Å². The van der Waals surface area contributed by atoms with Gasteiger partial charge in [-0.3, -0.25) is 14.5 Å². The number of methoxy groups -OCH3 is 1. The van der Waals surface area contributed by atoms with Gasteiger partial charge in [0.1, 0.15) is 23.0 Å². The molecule has 1 aliphatic heterocycles. The van der Waals surface area contributed by atoms with Gasteiger partial charge < -0.3 is 19.3 Å². The van der Waals surface area contributed by atoms with Crippen molar-refractivity contribution in [1.29, 1.82) is 0 Å². The highest BCUT2D eigenvalue weighted by Crippen LogP contribution is 2.45. The van der Waals surface area contributed by atoms with Gasteiger partial charge in [0.15, 0.2) is 0 Å². The van der Waals surface area contributed by atoms with Crippen molar-refractivity contribution < 1.29 is 42.1 Å². The second-order valence-electron chi connectivity index (χ2n) is 8.51. The van der Waals surface area contributed by atoms with Crippen molar-refractivity contribution in [3.05, 3.63) is 89.0 Å². The number of hydrogen-bond acceptors (Lipinski definition) is 6. The standard InChI is InChI=1S/C29H26F3NO6/c1-4-38-21-13-14-22(23(16-21)39-5-2)26(34)24-25(17-9-11-20(37-3)12-10-17)33(28(36)27(24)35)19-8-6-7-18(15-19)29(30,31)32/h6-16,25,34H,4-5H2,1-3H3/b26-24-. The Balaban J connectivity index is 1.95. The molecule has 0 aromatic heterocycles. The molecule has 7 nitrogen and oxygen atoms in total. The number of alkyl halides is 3. The molecular formula is C29H26F3NO6. The van der Waals surface area contributed by atoms with Crippen LogP contribution in [0.1, 0.15) is 36.6 Å². The number of anilines is 1. The van der Waals surface area contributed by atoms with Gasteiger partial charge in [-0.2, -0.15) is 13.2 Å². The second-order valence-corrected chi connectivity index (χ2v) is 8.51. The number of ether oxygens (including phenoxy) is 3. The molecule has 1 aliphatic rings. The maximum Gasteiger partial charge on any atom is 0.416 e. The molecule has 1 heterocycles. The van der Waals surface area contributed by atoms with E-state index in [1.54, 1.807) is 50.2 Å². The normalized spacial score (nSPS) is 16.9. The number of Topliss-reactive ketones (excluding diaryl/α,β-unsaturated/α-hetero) is 1. The number of benzene rings is 3. The molecule has 1 amide bonds. The van der Waals surface area contributed by atoms with E-state index in [2.05, 4.69) is 0 Å². The number of rotatable bonds is 8. The van der Waals surface area contributed by atoms with Gasteiger partial charge >= 0.3 is 6.18 Å². The molecule has 1 N–H and O–H groups in total. The van der Waals surface area contributed by atoms with Crippen LogP contribution in [0.3, 0.4) is 0 Å². The van der Waals surface area contributed by atoms with Gasteiger partial charge in [0.2, 0.25) is 0 Å². The molecule has 204 valence electrons. The number of nitrogens with zero attached hydrogens (tertiary/aromatic N) is 1. The zero-order chi connectivity index (χ0) is 28.3. The van der Waals surface area contributed by atoms with E-state index in [1.165, 1.54) is 19.2 Å². The maximum atomic E-state index is 13.5. The molecule has 3 aromatic carbocycles. The largest absolute Gasteiger partial charge is 0.507 e. The Morgan fingerprint density at radius 1 is 0.923 bits per heavy atom. The lowest BCUT2D eigenvalue weighted by Crippen LogP contribution is -2.29. The predicted molar refractivity (Wildman–Crippen MR) is 138 cm³/mol. The first kappa shape index (κ1) is 27.6. The van der Waals surface area contributed by atoms with E-state index in [4.69, 9.17) is 14.2 Å². The van der Waals surface area contributed by atoms with Gasteiger partial charge in [-0.25, -0.2) is 0 Å². The predicted octanol–water partition coefficient (Wildman–Crippen LogP) is 6.14. The van der Waals surface area contributed by atoms with Crippen LogP contribution in [0.25, 0.3) is 5.76 Å². The van der Waals surface area contributed by atoms with Crippen molar-refractivity contribution in [3.63, 3.8) is 0 Å². The number of hydrogen-bond donors (Lipinski definition) is 1. The number of amides is 1. The average Bonchev–Trinajstić information content (AvgIpc) is 3.18. The van der Waals surface area contributed by atoms with Crippen LogP contribution in [0, 0.1) is 0 Å². The third-order valence-corrected chi connectivity index (χ3v) is 6.15. The molecule has 3 aromatic rings. The Hall–Kier alpha value is -4.47. The van der Waals surface area contributed by atoms with Gasteiger partial charge in [0.25, 0.3) is 11.7 Å². The monoisotopic (exact) mass is 541 g/mol. The van der Waals surface area contributed by atoms with Gasteiger partial charge in [0, 0.05) is 11.8 Å². The molecule has 0 radical (unpaired) electrons. The van der Waals surface area contributed by atoms with Crippen LogP contribution < -0.4 is 19.1 Å². The fraction of sp³-hybridized carbons (Fsp3) is 0.241. The summed E-state index contributed by atoms with van der Waals surface area (Å²) in [6.45, 7) is 4.16. The summed E-state index contributed by atoms with van der Waals surface area (Å²) in [5.41, 5.74) is -0.935. The zero-order valence-corrected chi connectivity index (χ0v) is 21.4. The van der Waals surface area contributed by atoms with Crippen LogP contribution in [-0.4, -0.2) is 37.1 Å². The molecule has 1 fully saturated rings. The van der Waals surface area contributed by atoms with Crippen molar-refractivity contribution in [1.82, 2.24) is 0 Å². The van der Waals surface area contributed by atoms with Gasteiger partial charge in [0.05, 0.1) is 43.1 Å². The smallest absolute Gasteiger partial charge is 0.416 e. The summed E-state index contributed by atoms with van der Waals surface area (Å²) in [7, 11) is 1.46. The van der Waals surface area contributed by atoms with E-state index in [1.807, 2.05) is 0 Å². The van der Waals surface area contributed by atoms with E-state index in [-0.39, 0.29) is 29.2 Å². The number of ketones is 1. The summed E-state index contributed by atoms with van der Waals surface area (Å²) in [5.74, 6) is -1.51. The molecule has 0 saturated carbocycles. The Labute approximate surface area is 223 Å². The lowest BCUT2D eigenvalue weighted by molar-refractivity contribution is -0.137. The first-order valence-electron chi connectivity index (χ1n) is 12.1. The van der Waals surface area contributed by atoms with Crippen molar-refractivity contribution in [2.75, 3.05) is 25.2 Å². The molecule has 10 heteroatoms. The minimum atomic E-state index is -4.67. The van der Waals surface area contributed by atoms with E-state index < -0.39 is 35.2 Å². The Morgan fingerprint density at radius 3 is 2.21 bits per heavy atom. The second kappa shape index (κ2) is 11.1. The summed E-state index contributed by atoms with van der Waals surface area (Å²) in [6.07, 6.45) is -4.67. The van der Waals surface area contributed by atoms with Crippen molar-refractivity contribution in [2.45, 2.75) is 26.1 Å². The SMILES string of the molecule is CCOc1ccc(/C(O)=C2/C(=O)C(=O)N(c3cccc(C(F)(F)F)c3)C2c2ccc(OC)cc2)c(OCC)c1.